The number of hydrogen-bond donors (Lipinski definition) is 1. The van der Waals surface area contributed by atoms with Crippen molar-refractivity contribution in [3.05, 3.63) is 33.3 Å². The van der Waals surface area contributed by atoms with E-state index in [2.05, 4.69) is 47.2 Å². The maximum absolute atomic E-state index is 6.45. The van der Waals surface area contributed by atoms with Crippen LogP contribution in [0.15, 0.2) is 22.7 Å². The molecule has 1 nitrogen and oxygen atoms in total. The number of rotatable bonds is 6. The van der Waals surface area contributed by atoms with Crippen LogP contribution in [0.2, 0.25) is 5.02 Å². The van der Waals surface area contributed by atoms with Gasteiger partial charge in [-0.3, -0.25) is 0 Å². The van der Waals surface area contributed by atoms with Crippen molar-refractivity contribution in [2.45, 2.75) is 39.5 Å². The Kier molecular flexibility index (Phi) is 4.69. The molecule has 0 aliphatic heterocycles. The smallest absolute Gasteiger partial charge is 0.0449 e. The van der Waals surface area contributed by atoms with Crippen molar-refractivity contribution in [2.24, 2.45) is 23.2 Å². The van der Waals surface area contributed by atoms with Gasteiger partial charge in [0.25, 0.3) is 0 Å². The fourth-order valence-electron chi connectivity index (χ4n) is 4.05. The van der Waals surface area contributed by atoms with Crippen LogP contribution in [0.25, 0.3) is 0 Å². The predicted octanol–water partition coefficient (Wildman–Crippen LogP) is 5.31. The molecule has 0 saturated heterocycles. The van der Waals surface area contributed by atoms with E-state index in [9.17, 15) is 0 Å². The third-order valence-corrected chi connectivity index (χ3v) is 5.94. The largest absolute Gasteiger partial charge is 0.316 e. The van der Waals surface area contributed by atoms with Gasteiger partial charge in [-0.05, 0) is 73.1 Å². The standard InChI is InChI=1S/C18H25BrClN/c1-12(2)10-21-11-18(8-14-5-15(14)9-18)7-13-3-4-16(19)6-17(13)20/h3-4,6,12,14-15,21H,5,7-11H2,1-2H3. The van der Waals surface area contributed by atoms with Crippen molar-refractivity contribution in [1.82, 2.24) is 5.32 Å². The van der Waals surface area contributed by atoms with Gasteiger partial charge in [-0.15, -0.1) is 0 Å². The van der Waals surface area contributed by atoms with Crippen molar-refractivity contribution in [3.8, 4) is 0 Å². The van der Waals surface area contributed by atoms with Gasteiger partial charge in [-0.1, -0.05) is 47.4 Å². The summed E-state index contributed by atoms with van der Waals surface area (Å²) in [5.74, 6) is 2.72. The average molecular weight is 371 g/mol. The topological polar surface area (TPSA) is 12.0 Å². The van der Waals surface area contributed by atoms with Crippen molar-refractivity contribution in [2.75, 3.05) is 13.1 Å². The maximum atomic E-state index is 6.45. The summed E-state index contributed by atoms with van der Waals surface area (Å²) in [6.07, 6.45) is 5.36. The average Bonchev–Trinajstić information content (AvgIpc) is 3.01. The van der Waals surface area contributed by atoms with Gasteiger partial charge in [0.2, 0.25) is 0 Å². The molecule has 0 spiro atoms. The molecule has 2 aliphatic rings. The van der Waals surface area contributed by atoms with Crippen molar-refractivity contribution in [3.63, 3.8) is 0 Å². The molecule has 0 heterocycles. The van der Waals surface area contributed by atoms with Gasteiger partial charge in [-0.25, -0.2) is 0 Å². The summed E-state index contributed by atoms with van der Waals surface area (Å²) in [5, 5.41) is 4.62. The zero-order chi connectivity index (χ0) is 15.0. The lowest BCUT2D eigenvalue weighted by atomic mass is 9.77. The third kappa shape index (κ3) is 3.83. The van der Waals surface area contributed by atoms with Crippen LogP contribution in [-0.2, 0) is 6.42 Å². The summed E-state index contributed by atoms with van der Waals surface area (Å²) in [7, 11) is 0. The Labute approximate surface area is 142 Å². The summed E-state index contributed by atoms with van der Waals surface area (Å²) in [6, 6.07) is 6.34. The first kappa shape index (κ1) is 15.8. The Morgan fingerprint density at radius 1 is 1.33 bits per heavy atom. The van der Waals surface area contributed by atoms with Gasteiger partial charge < -0.3 is 5.32 Å². The highest BCUT2D eigenvalue weighted by molar-refractivity contribution is 9.10. The summed E-state index contributed by atoms with van der Waals surface area (Å²) in [5.41, 5.74) is 1.74. The fraction of sp³-hybridized carbons (Fsp3) is 0.667. The van der Waals surface area contributed by atoms with E-state index < -0.39 is 0 Å². The molecule has 0 aromatic heterocycles. The second-order valence-electron chi connectivity index (χ2n) is 7.60. The molecule has 2 unspecified atom stereocenters. The monoisotopic (exact) mass is 369 g/mol. The Balaban J connectivity index is 1.70. The lowest BCUT2D eigenvalue weighted by Crippen LogP contribution is -2.36. The minimum Gasteiger partial charge on any atom is -0.316 e. The molecule has 116 valence electrons. The minimum absolute atomic E-state index is 0.430. The van der Waals surface area contributed by atoms with E-state index in [0.29, 0.717) is 11.3 Å². The molecule has 21 heavy (non-hydrogen) atoms. The summed E-state index contributed by atoms with van der Waals surface area (Å²) >= 11 is 9.95. The molecule has 1 aromatic rings. The van der Waals surface area contributed by atoms with Crippen molar-refractivity contribution < 1.29 is 0 Å². The van der Waals surface area contributed by atoms with E-state index in [1.54, 1.807) is 0 Å². The van der Waals surface area contributed by atoms with E-state index >= 15 is 0 Å². The maximum Gasteiger partial charge on any atom is 0.0449 e. The SMILES string of the molecule is CC(C)CNCC1(Cc2ccc(Br)cc2Cl)CC2CC2C1. The lowest BCUT2D eigenvalue weighted by molar-refractivity contribution is 0.245. The second-order valence-corrected chi connectivity index (χ2v) is 8.92. The zero-order valence-electron chi connectivity index (χ0n) is 13.0. The van der Waals surface area contributed by atoms with Gasteiger partial charge in [0.05, 0.1) is 0 Å². The van der Waals surface area contributed by atoms with E-state index in [-0.39, 0.29) is 0 Å². The van der Waals surface area contributed by atoms with Crippen molar-refractivity contribution >= 4 is 27.5 Å². The first-order chi connectivity index (χ1) is 9.97. The number of halogens is 2. The van der Waals surface area contributed by atoms with Crippen LogP contribution in [0.5, 0.6) is 0 Å². The van der Waals surface area contributed by atoms with Gasteiger partial charge in [-0.2, -0.15) is 0 Å². The Hall–Kier alpha value is -0.0500. The molecule has 2 fully saturated rings. The molecule has 0 radical (unpaired) electrons. The predicted molar refractivity (Wildman–Crippen MR) is 93.8 cm³/mol. The lowest BCUT2D eigenvalue weighted by Gasteiger charge is -2.32. The number of benzene rings is 1. The van der Waals surface area contributed by atoms with Crippen LogP contribution in [0.3, 0.4) is 0 Å². The highest BCUT2D eigenvalue weighted by Gasteiger charge is 2.53. The Bertz CT molecular complexity index is 504. The number of fused-ring (bicyclic) bond motifs is 1. The van der Waals surface area contributed by atoms with Crippen LogP contribution in [0.1, 0.15) is 38.7 Å². The number of hydrogen-bond acceptors (Lipinski definition) is 1. The highest BCUT2D eigenvalue weighted by Crippen LogP contribution is 2.60. The first-order valence-corrected chi connectivity index (χ1v) is 9.29. The van der Waals surface area contributed by atoms with E-state index in [0.717, 1.165) is 40.8 Å². The molecule has 3 rings (SSSR count). The molecule has 0 amide bonds. The Morgan fingerprint density at radius 2 is 2.05 bits per heavy atom. The Morgan fingerprint density at radius 3 is 2.67 bits per heavy atom. The van der Waals surface area contributed by atoms with Gasteiger partial charge in [0.1, 0.15) is 0 Å². The fourth-order valence-corrected chi connectivity index (χ4v) is 4.79. The molecule has 2 saturated carbocycles. The van der Waals surface area contributed by atoms with Crippen LogP contribution in [-0.4, -0.2) is 13.1 Å². The van der Waals surface area contributed by atoms with E-state index in [4.69, 9.17) is 11.6 Å². The normalized spacial score (nSPS) is 30.7. The van der Waals surface area contributed by atoms with E-state index in [1.807, 2.05) is 6.07 Å². The quantitative estimate of drug-likeness (QED) is 0.716. The van der Waals surface area contributed by atoms with E-state index in [1.165, 1.54) is 24.8 Å². The van der Waals surface area contributed by atoms with Crippen LogP contribution < -0.4 is 5.32 Å². The second kappa shape index (κ2) is 6.22. The first-order valence-electron chi connectivity index (χ1n) is 8.12. The molecular formula is C18H25BrClN. The number of nitrogens with one attached hydrogen (secondary N) is 1. The zero-order valence-corrected chi connectivity index (χ0v) is 15.3. The van der Waals surface area contributed by atoms with Gasteiger partial charge in [0, 0.05) is 16.0 Å². The van der Waals surface area contributed by atoms with Gasteiger partial charge in [0.15, 0.2) is 0 Å². The molecule has 1 N–H and O–H groups in total. The van der Waals surface area contributed by atoms with Crippen LogP contribution in [0, 0.1) is 23.2 Å². The van der Waals surface area contributed by atoms with Gasteiger partial charge >= 0.3 is 0 Å². The molecular weight excluding hydrogens is 346 g/mol. The minimum atomic E-state index is 0.430. The molecule has 1 aromatic carbocycles. The molecule has 2 aliphatic carbocycles. The summed E-state index contributed by atoms with van der Waals surface area (Å²) < 4.78 is 1.07. The summed E-state index contributed by atoms with van der Waals surface area (Å²) in [6.45, 7) is 6.81. The third-order valence-electron chi connectivity index (χ3n) is 5.09. The summed E-state index contributed by atoms with van der Waals surface area (Å²) in [4.78, 5) is 0. The molecule has 3 heteroatoms. The highest BCUT2D eigenvalue weighted by atomic mass is 79.9. The molecule has 0 bridgehead atoms. The van der Waals surface area contributed by atoms with Crippen molar-refractivity contribution in [1.29, 1.82) is 0 Å². The van der Waals surface area contributed by atoms with Crippen LogP contribution >= 0.6 is 27.5 Å². The van der Waals surface area contributed by atoms with Crippen LogP contribution in [0.4, 0.5) is 0 Å². The molecule has 2 atom stereocenters.